The van der Waals surface area contributed by atoms with Crippen LogP contribution in [0.1, 0.15) is 41.9 Å². The van der Waals surface area contributed by atoms with E-state index >= 15 is 0 Å². The average Bonchev–Trinajstić information content (AvgIpc) is 3.08. The number of amides is 1. The lowest BCUT2D eigenvalue weighted by atomic mass is 9.94. The second-order valence-electron chi connectivity index (χ2n) is 8.79. The second kappa shape index (κ2) is 8.67. The van der Waals surface area contributed by atoms with Crippen LogP contribution in [-0.4, -0.2) is 31.7 Å². The SMILES string of the molecule is Cc1c(C(=O)NCc2ccc(F)cc2)oc2ccc(S(=O)(=O)N3C[C@H](C)C[C@@H](C)C3)cc12. The van der Waals surface area contributed by atoms with E-state index in [1.807, 2.05) is 0 Å². The summed E-state index contributed by atoms with van der Waals surface area (Å²) in [5.74, 6) is 0.00376. The topological polar surface area (TPSA) is 79.6 Å². The lowest BCUT2D eigenvalue weighted by molar-refractivity contribution is 0.0924. The molecule has 3 aromatic rings. The molecule has 2 atom stereocenters. The molecule has 1 saturated heterocycles. The zero-order valence-corrected chi connectivity index (χ0v) is 19.2. The van der Waals surface area contributed by atoms with Crippen molar-refractivity contribution in [1.29, 1.82) is 0 Å². The first-order valence-electron chi connectivity index (χ1n) is 10.7. The maximum atomic E-state index is 13.2. The van der Waals surface area contributed by atoms with E-state index in [4.69, 9.17) is 4.42 Å². The van der Waals surface area contributed by atoms with Gasteiger partial charge in [0.05, 0.1) is 4.90 Å². The number of furan rings is 1. The maximum absolute atomic E-state index is 13.2. The van der Waals surface area contributed by atoms with Gasteiger partial charge in [0.1, 0.15) is 11.4 Å². The van der Waals surface area contributed by atoms with Crippen molar-refractivity contribution in [3.05, 3.63) is 65.2 Å². The fourth-order valence-electron chi connectivity index (χ4n) is 4.39. The lowest BCUT2D eigenvalue weighted by Gasteiger charge is -2.34. The van der Waals surface area contributed by atoms with Crippen LogP contribution in [0.25, 0.3) is 11.0 Å². The molecular formula is C24H27FN2O4S. The van der Waals surface area contributed by atoms with Crippen molar-refractivity contribution in [2.45, 2.75) is 38.6 Å². The van der Waals surface area contributed by atoms with Gasteiger partial charge in [0.15, 0.2) is 5.76 Å². The van der Waals surface area contributed by atoms with Gasteiger partial charge in [-0.05, 0) is 61.1 Å². The molecule has 6 nitrogen and oxygen atoms in total. The molecule has 0 unspecified atom stereocenters. The molecule has 1 aliphatic heterocycles. The van der Waals surface area contributed by atoms with Gasteiger partial charge in [-0.25, -0.2) is 12.8 Å². The Labute approximate surface area is 187 Å². The number of carbonyl (C=O) groups excluding carboxylic acids is 1. The zero-order valence-electron chi connectivity index (χ0n) is 18.4. The van der Waals surface area contributed by atoms with Crippen molar-refractivity contribution in [3.8, 4) is 0 Å². The molecule has 0 aliphatic carbocycles. The highest BCUT2D eigenvalue weighted by atomic mass is 32.2. The summed E-state index contributed by atoms with van der Waals surface area (Å²) in [6.07, 6.45) is 1.02. The van der Waals surface area contributed by atoms with Gasteiger partial charge >= 0.3 is 0 Å². The third-order valence-electron chi connectivity index (χ3n) is 5.95. The van der Waals surface area contributed by atoms with Crippen LogP contribution in [0.4, 0.5) is 4.39 Å². The molecule has 1 aliphatic rings. The van der Waals surface area contributed by atoms with Gasteiger partial charge < -0.3 is 9.73 Å². The smallest absolute Gasteiger partial charge is 0.287 e. The van der Waals surface area contributed by atoms with Gasteiger partial charge in [-0.1, -0.05) is 26.0 Å². The first-order valence-corrected chi connectivity index (χ1v) is 12.1. The number of aryl methyl sites for hydroxylation is 1. The molecule has 2 heterocycles. The molecule has 0 bridgehead atoms. The largest absolute Gasteiger partial charge is 0.451 e. The van der Waals surface area contributed by atoms with Crippen LogP contribution in [-0.2, 0) is 16.6 Å². The summed E-state index contributed by atoms with van der Waals surface area (Å²) in [5.41, 5.74) is 1.79. The molecular weight excluding hydrogens is 431 g/mol. The molecule has 0 spiro atoms. The number of carbonyl (C=O) groups is 1. The van der Waals surface area contributed by atoms with Crippen LogP contribution in [0.15, 0.2) is 51.8 Å². The Hall–Kier alpha value is -2.71. The van der Waals surface area contributed by atoms with Gasteiger partial charge in [0, 0.05) is 30.6 Å². The first kappa shape index (κ1) is 22.5. The first-order chi connectivity index (χ1) is 15.1. The highest BCUT2D eigenvalue weighted by molar-refractivity contribution is 7.89. The molecule has 1 amide bonds. The number of rotatable bonds is 5. The van der Waals surface area contributed by atoms with Gasteiger partial charge in [-0.15, -0.1) is 0 Å². The standard InChI is InChI=1S/C24H27FN2O4S/c1-15-10-16(2)14-27(13-15)32(29,30)20-8-9-22-21(11-20)17(3)23(31-22)24(28)26-12-18-4-6-19(25)7-5-18/h4-9,11,15-16H,10,12-14H2,1-3H3,(H,26,28)/t15-,16-/m1/s1. The van der Waals surface area contributed by atoms with E-state index in [9.17, 15) is 17.6 Å². The third kappa shape index (κ3) is 4.42. The van der Waals surface area contributed by atoms with Crippen molar-refractivity contribution < 1.29 is 22.0 Å². The molecule has 0 radical (unpaired) electrons. The number of hydrogen-bond donors (Lipinski definition) is 1. The number of nitrogens with one attached hydrogen (secondary N) is 1. The van der Waals surface area contributed by atoms with E-state index in [-0.39, 0.29) is 23.0 Å². The monoisotopic (exact) mass is 458 g/mol. The van der Waals surface area contributed by atoms with E-state index < -0.39 is 15.9 Å². The summed E-state index contributed by atoms with van der Waals surface area (Å²) in [4.78, 5) is 12.9. The molecule has 1 fully saturated rings. The molecule has 1 aromatic heterocycles. The van der Waals surface area contributed by atoms with Crippen LogP contribution >= 0.6 is 0 Å². The lowest BCUT2D eigenvalue weighted by Crippen LogP contribution is -2.42. The Morgan fingerprint density at radius 3 is 2.44 bits per heavy atom. The molecule has 0 saturated carbocycles. The Kier molecular flexibility index (Phi) is 6.09. The normalized spacial score (nSPS) is 19.9. The van der Waals surface area contributed by atoms with E-state index in [1.165, 1.54) is 18.2 Å². The highest BCUT2D eigenvalue weighted by Crippen LogP contribution is 2.31. The summed E-state index contributed by atoms with van der Waals surface area (Å²) in [5, 5.41) is 3.35. The predicted octanol–water partition coefficient (Wildman–Crippen LogP) is 4.48. The highest BCUT2D eigenvalue weighted by Gasteiger charge is 2.32. The summed E-state index contributed by atoms with van der Waals surface area (Å²) < 4.78 is 46.8. The summed E-state index contributed by atoms with van der Waals surface area (Å²) in [6, 6.07) is 10.6. The molecule has 170 valence electrons. The summed E-state index contributed by atoms with van der Waals surface area (Å²) in [7, 11) is -3.64. The number of nitrogens with zero attached hydrogens (tertiary/aromatic N) is 1. The Morgan fingerprint density at radius 1 is 1.12 bits per heavy atom. The fourth-order valence-corrected chi connectivity index (χ4v) is 6.10. The fraction of sp³-hybridized carbons (Fsp3) is 0.375. The molecule has 32 heavy (non-hydrogen) atoms. The van der Waals surface area contributed by atoms with Crippen LogP contribution in [0.5, 0.6) is 0 Å². The minimum absolute atomic E-state index is 0.136. The summed E-state index contributed by atoms with van der Waals surface area (Å²) >= 11 is 0. The van der Waals surface area contributed by atoms with Crippen molar-refractivity contribution in [2.75, 3.05) is 13.1 Å². The van der Waals surface area contributed by atoms with Crippen molar-refractivity contribution in [2.24, 2.45) is 11.8 Å². The predicted molar refractivity (Wildman–Crippen MR) is 120 cm³/mol. The minimum Gasteiger partial charge on any atom is -0.451 e. The second-order valence-corrected chi connectivity index (χ2v) is 10.7. The number of hydrogen-bond acceptors (Lipinski definition) is 4. The maximum Gasteiger partial charge on any atom is 0.287 e. The van der Waals surface area contributed by atoms with E-state index in [0.717, 1.165) is 12.0 Å². The Morgan fingerprint density at radius 2 is 1.78 bits per heavy atom. The summed E-state index contributed by atoms with van der Waals surface area (Å²) in [6.45, 7) is 7.11. The van der Waals surface area contributed by atoms with Gasteiger partial charge in [0.2, 0.25) is 10.0 Å². The van der Waals surface area contributed by atoms with Gasteiger partial charge in [-0.3, -0.25) is 4.79 Å². The van der Waals surface area contributed by atoms with Crippen molar-refractivity contribution in [1.82, 2.24) is 9.62 Å². The van der Waals surface area contributed by atoms with E-state index in [1.54, 1.807) is 35.5 Å². The Balaban J connectivity index is 1.58. The number of fused-ring (bicyclic) bond motifs is 1. The van der Waals surface area contributed by atoms with Crippen molar-refractivity contribution in [3.63, 3.8) is 0 Å². The molecule has 8 heteroatoms. The number of sulfonamides is 1. The number of piperidine rings is 1. The van der Waals surface area contributed by atoms with Gasteiger partial charge in [0.25, 0.3) is 5.91 Å². The zero-order chi connectivity index (χ0) is 23.0. The minimum atomic E-state index is -3.64. The van der Waals surface area contributed by atoms with Crippen LogP contribution in [0.3, 0.4) is 0 Å². The average molecular weight is 459 g/mol. The van der Waals surface area contributed by atoms with E-state index in [0.29, 0.717) is 41.5 Å². The molecule has 1 N–H and O–H groups in total. The van der Waals surface area contributed by atoms with Gasteiger partial charge in [-0.2, -0.15) is 4.31 Å². The van der Waals surface area contributed by atoms with Crippen molar-refractivity contribution >= 4 is 26.9 Å². The van der Waals surface area contributed by atoms with E-state index in [2.05, 4.69) is 19.2 Å². The number of halogens is 1. The Bertz CT molecular complexity index is 1240. The quantitative estimate of drug-likeness (QED) is 0.612. The number of benzene rings is 2. The third-order valence-corrected chi connectivity index (χ3v) is 7.78. The molecule has 4 rings (SSSR count). The van der Waals surface area contributed by atoms with Crippen LogP contribution in [0, 0.1) is 24.6 Å². The van der Waals surface area contributed by atoms with Crippen LogP contribution < -0.4 is 5.32 Å². The van der Waals surface area contributed by atoms with Crippen LogP contribution in [0.2, 0.25) is 0 Å². The molecule has 2 aromatic carbocycles.